The van der Waals surface area contributed by atoms with Crippen molar-refractivity contribution in [1.82, 2.24) is 25.1 Å². The van der Waals surface area contributed by atoms with E-state index in [2.05, 4.69) is 25.7 Å². The number of nitrogens with zero attached hydrogens (tertiary/aromatic N) is 4. The van der Waals surface area contributed by atoms with Crippen LogP contribution in [0, 0.1) is 0 Å². The molecule has 7 nitrogen and oxygen atoms in total. The molecule has 1 atom stereocenters. The summed E-state index contributed by atoms with van der Waals surface area (Å²) in [5, 5.41) is 10.1. The highest BCUT2D eigenvalue weighted by molar-refractivity contribution is 7.99. The zero-order valence-electron chi connectivity index (χ0n) is 10.7. The molecule has 2 N–H and O–H groups in total. The highest BCUT2D eigenvalue weighted by Crippen LogP contribution is 2.12. The van der Waals surface area contributed by atoms with E-state index in [1.807, 2.05) is 0 Å². The predicted octanol–water partition coefficient (Wildman–Crippen LogP) is 0.306. The Morgan fingerprint density at radius 2 is 2.45 bits per heavy atom. The van der Waals surface area contributed by atoms with Gasteiger partial charge in [0.25, 0.3) is 0 Å². The second kappa shape index (κ2) is 6.02. The molecule has 3 heterocycles. The molecule has 20 heavy (non-hydrogen) atoms. The summed E-state index contributed by atoms with van der Waals surface area (Å²) in [5.41, 5.74) is 0.677. The highest BCUT2D eigenvalue weighted by atomic mass is 32.2. The average Bonchev–Trinajstić information content (AvgIpc) is 3.03. The molecule has 1 aliphatic heterocycles. The quantitative estimate of drug-likeness (QED) is 0.846. The number of rotatable bonds is 3. The summed E-state index contributed by atoms with van der Waals surface area (Å²) in [5.74, 6) is 2.49. The third-order valence-electron chi connectivity index (χ3n) is 2.91. The van der Waals surface area contributed by atoms with Gasteiger partial charge in [-0.1, -0.05) is 0 Å². The fraction of sp³-hybridized carbons (Fsp3) is 0.333. The van der Waals surface area contributed by atoms with Crippen LogP contribution in [0.25, 0.3) is 5.82 Å². The topological polar surface area (TPSA) is 84.7 Å². The van der Waals surface area contributed by atoms with Gasteiger partial charge in [-0.15, -0.1) is 0 Å². The first-order chi connectivity index (χ1) is 9.83. The molecule has 2 aromatic heterocycles. The number of aromatic nitrogens is 4. The first-order valence-corrected chi connectivity index (χ1v) is 7.41. The first-order valence-electron chi connectivity index (χ1n) is 6.26. The van der Waals surface area contributed by atoms with E-state index in [0.29, 0.717) is 11.5 Å². The van der Waals surface area contributed by atoms with E-state index in [9.17, 15) is 4.79 Å². The van der Waals surface area contributed by atoms with Gasteiger partial charge in [0, 0.05) is 18.1 Å². The fourth-order valence-electron chi connectivity index (χ4n) is 1.89. The number of hydrogen-bond donors (Lipinski definition) is 2. The number of carbonyl (C=O) groups is 1. The van der Waals surface area contributed by atoms with Gasteiger partial charge >= 0.3 is 0 Å². The van der Waals surface area contributed by atoms with Crippen molar-refractivity contribution in [2.75, 3.05) is 23.4 Å². The van der Waals surface area contributed by atoms with Crippen LogP contribution in [-0.2, 0) is 4.79 Å². The van der Waals surface area contributed by atoms with Gasteiger partial charge in [0.1, 0.15) is 12.7 Å². The summed E-state index contributed by atoms with van der Waals surface area (Å²) in [6.45, 7) is 0.867. The fourth-order valence-corrected chi connectivity index (χ4v) is 2.82. The van der Waals surface area contributed by atoms with Gasteiger partial charge in [-0.05, 0) is 12.1 Å². The lowest BCUT2D eigenvalue weighted by Crippen LogP contribution is -2.46. The van der Waals surface area contributed by atoms with Gasteiger partial charge in [0.15, 0.2) is 5.82 Å². The Labute approximate surface area is 120 Å². The van der Waals surface area contributed by atoms with Gasteiger partial charge in [0.05, 0.1) is 17.9 Å². The SMILES string of the molecule is O=C(Nc1ccc(-n2cncn2)nc1)C1CSCCN1. The predicted molar refractivity (Wildman–Crippen MR) is 76.9 cm³/mol. The van der Waals surface area contributed by atoms with Crippen molar-refractivity contribution in [1.29, 1.82) is 0 Å². The van der Waals surface area contributed by atoms with E-state index < -0.39 is 0 Å². The highest BCUT2D eigenvalue weighted by Gasteiger charge is 2.20. The van der Waals surface area contributed by atoms with Gasteiger partial charge in [0.2, 0.25) is 5.91 Å². The molecule has 1 amide bonds. The van der Waals surface area contributed by atoms with E-state index in [-0.39, 0.29) is 11.9 Å². The van der Waals surface area contributed by atoms with E-state index in [0.717, 1.165) is 18.1 Å². The summed E-state index contributed by atoms with van der Waals surface area (Å²) in [4.78, 5) is 20.1. The standard InChI is InChI=1S/C12H14N6OS/c19-12(10-6-20-4-3-14-10)17-9-1-2-11(15-5-9)18-8-13-7-16-18/h1-2,5,7-8,10,14H,3-4,6H2,(H,17,19). The van der Waals surface area contributed by atoms with E-state index >= 15 is 0 Å². The molecule has 0 aliphatic carbocycles. The van der Waals surface area contributed by atoms with Crippen LogP contribution >= 0.6 is 11.8 Å². The molecular formula is C12H14N6OS. The van der Waals surface area contributed by atoms with Crippen LogP contribution in [-0.4, -0.2) is 49.7 Å². The minimum absolute atomic E-state index is 0.0208. The van der Waals surface area contributed by atoms with E-state index in [1.165, 1.54) is 6.33 Å². The zero-order valence-corrected chi connectivity index (χ0v) is 11.5. The normalized spacial score (nSPS) is 18.7. The lowest BCUT2D eigenvalue weighted by Gasteiger charge is -2.22. The van der Waals surface area contributed by atoms with Gasteiger partial charge in [-0.2, -0.15) is 16.9 Å². The molecule has 1 aliphatic rings. The summed E-state index contributed by atoms with van der Waals surface area (Å²) in [6, 6.07) is 3.45. The summed E-state index contributed by atoms with van der Waals surface area (Å²) < 4.78 is 1.56. The maximum absolute atomic E-state index is 12.0. The third kappa shape index (κ3) is 2.97. The lowest BCUT2D eigenvalue weighted by molar-refractivity contribution is -0.117. The minimum atomic E-state index is -0.135. The van der Waals surface area contributed by atoms with Crippen LogP contribution in [0.2, 0.25) is 0 Å². The van der Waals surface area contributed by atoms with Crippen LogP contribution in [0.15, 0.2) is 31.0 Å². The Kier molecular flexibility index (Phi) is 3.93. The monoisotopic (exact) mass is 290 g/mol. The molecule has 1 fully saturated rings. The second-order valence-corrected chi connectivity index (χ2v) is 5.47. The van der Waals surface area contributed by atoms with Crippen LogP contribution in [0.1, 0.15) is 0 Å². The molecule has 0 spiro atoms. The van der Waals surface area contributed by atoms with Crippen LogP contribution < -0.4 is 10.6 Å². The van der Waals surface area contributed by atoms with Crippen molar-refractivity contribution < 1.29 is 4.79 Å². The first kappa shape index (κ1) is 13.1. The summed E-state index contributed by atoms with van der Waals surface area (Å²) in [7, 11) is 0. The number of carbonyl (C=O) groups excluding carboxylic acids is 1. The number of nitrogens with one attached hydrogen (secondary N) is 2. The molecule has 104 valence electrons. The smallest absolute Gasteiger partial charge is 0.242 e. The number of anilines is 1. The molecule has 1 saturated heterocycles. The Balaban J connectivity index is 1.64. The Morgan fingerprint density at radius 3 is 3.10 bits per heavy atom. The third-order valence-corrected chi connectivity index (χ3v) is 3.97. The van der Waals surface area contributed by atoms with Crippen molar-refractivity contribution in [2.24, 2.45) is 0 Å². The molecule has 0 bridgehead atoms. The van der Waals surface area contributed by atoms with Gasteiger partial charge < -0.3 is 10.6 Å². The molecule has 0 aromatic carbocycles. The Bertz CT molecular complexity index is 564. The Hall–Kier alpha value is -1.93. The van der Waals surface area contributed by atoms with Gasteiger partial charge in [-0.25, -0.2) is 14.6 Å². The summed E-state index contributed by atoms with van der Waals surface area (Å²) in [6.07, 6.45) is 4.64. The van der Waals surface area contributed by atoms with E-state index in [1.54, 1.807) is 41.1 Å². The maximum atomic E-state index is 12.0. The number of hydrogen-bond acceptors (Lipinski definition) is 6. The molecule has 0 radical (unpaired) electrons. The second-order valence-electron chi connectivity index (χ2n) is 4.32. The number of amides is 1. The van der Waals surface area contributed by atoms with Crippen LogP contribution in [0.3, 0.4) is 0 Å². The number of pyridine rings is 1. The largest absolute Gasteiger partial charge is 0.323 e. The summed E-state index contributed by atoms with van der Waals surface area (Å²) >= 11 is 1.79. The van der Waals surface area contributed by atoms with Crippen molar-refractivity contribution in [3.63, 3.8) is 0 Å². The van der Waals surface area contributed by atoms with Crippen molar-refractivity contribution in [3.8, 4) is 5.82 Å². The van der Waals surface area contributed by atoms with Gasteiger partial charge in [-0.3, -0.25) is 4.79 Å². The molecular weight excluding hydrogens is 276 g/mol. The van der Waals surface area contributed by atoms with E-state index in [4.69, 9.17) is 0 Å². The zero-order chi connectivity index (χ0) is 13.8. The molecule has 1 unspecified atom stereocenters. The minimum Gasteiger partial charge on any atom is -0.323 e. The Morgan fingerprint density at radius 1 is 1.50 bits per heavy atom. The van der Waals surface area contributed by atoms with Crippen molar-refractivity contribution in [2.45, 2.75) is 6.04 Å². The van der Waals surface area contributed by atoms with Crippen molar-refractivity contribution >= 4 is 23.4 Å². The molecule has 0 saturated carbocycles. The number of thioether (sulfide) groups is 1. The van der Waals surface area contributed by atoms with Crippen LogP contribution in [0.4, 0.5) is 5.69 Å². The average molecular weight is 290 g/mol. The van der Waals surface area contributed by atoms with Crippen LogP contribution in [0.5, 0.6) is 0 Å². The molecule has 8 heteroatoms. The maximum Gasteiger partial charge on any atom is 0.242 e. The molecule has 2 aromatic rings. The van der Waals surface area contributed by atoms with Crippen molar-refractivity contribution in [3.05, 3.63) is 31.0 Å². The molecule has 3 rings (SSSR count). The lowest BCUT2D eigenvalue weighted by atomic mass is 10.3.